The number of hydrogen-bond donors (Lipinski definition) is 0. The van der Waals surface area contributed by atoms with E-state index in [2.05, 4.69) is 0 Å². The Morgan fingerprint density at radius 1 is 0.622 bits per heavy atom. The molecule has 4 aromatic carbocycles. The largest absolute Gasteiger partial charge is 0.497 e. The summed E-state index contributed by atoms with van der Waals surface area (Å²) in [7, 11) is -5.09. The number of piperidine rings is 2. The molecule has 4 atom stereocenters. The molecule has 0 aliphatic carbocycles. The molecule has 2 aliphatic rings. The van der Waals surface area contributed by atoms with Crippen LogP contribution in [0.1, 0.15) is 36.1 Å². The Morgan fingerprint density at radius 2 is 1.09 bits per heavy atom. The van der Waals surface area contributed by atoms with Crippen molar-refractivity contribution in [3.8, 4) is 11.5 Å². The van der Waals surface area contributed by atoms with Gasteiger partial charge in [-0.15, -0.1) is 0 Å². The summed E-state index contributed by atoms with van der Waals surface area (Å²) < 4.78 is 70.9. The van der Waals surface area contributed by atoms with Gasteiger partial charge in [0.2, 0.25) is 20.0 Å². The molecule has 11 heteroatoms. The van der Waals surface area contributed by atoms with Crippen LogP contribution in [0.5, 0.6) is 11.5 Å². The highest BCUT2D eigenvalue weighted by Crippen LogP contribution is 2.48. The fraction of sp³-hybridized carbons (Fsp3) is 0.265. The molecule has 0 aromatic heterocycles. The van der Waals surface area contributed by atoms with Crippen LogP contribution in [0.15, 0.2) is 119 Å². The van der Waals surface area contributed by atoms with Crippen LogP contribution < -0.4 is 9.47 Å². The van der Waals surface area contributed by atoms with Crippen molar-refractivity contribution in [3.05, 3.63) is 120 Å². The fourth-order valence-corrected chi connectivity index (χ4v) is 10.0. The summed E-state index contributed by atoms with van der Waals surface area (Å²) in [6, 6.07) is 28.0. The Kier molecular flexibility index (Phi) is 8.53. The van der Waals surface area contributed by atoms with Crippen molar-refractivity contribution in [3.63, 3.8) is 0 Å². The van der Waals surface area contributed by atoms with E-state index in [1.165, 1.54) is 20.7 Å². The summed E-state index contributed by atoms with van der Waals surface area (Å²) in [6.45, 7) is -0.159. The second-order valence-corrected chi connectivity index (χ2v) is 14.9. The number of methoxy groups -OCH3 is 2. The average Bonchev–Trinajstić information content (AvgIpc) is 3.08. The molecule has 2 aliphatic heterocycles. The van der Waals surface area contributed by atoms with Gasteiger partial charge in [0, 0.05) is 24.9 Å². The molecule has 0 N–H and O–H groups in total. The predicted octanol–water partition coefficient (Wildman–Crippen LogP) is 5.23. The van der Waals surface area contributed by atoms with Crippen molar-refractivity contribution in [2.24, 2.45) is 5.92 Å². The summed E-state index contributed by atoms with van der Waals surface area (Å²) in [4.78, 5) is 14.2. The van der Waals surface area contributed by atoms with Gasteiger partial charge in [-0.3, -0.25) is 4.79 Å². The van der Waals surface area contributed by atoms with Crippen LogP contribution in [0.3, 0.4) is 0 Å². The molecule has 0 unspecified atom stereocenters. The minimum absolute atomic E-state index is 0.0769. The highest BCUT2D eigenvalue weighted by Gasteiger charge is 2.54. The number of rotatable bonds is 8. The minimum Gasteiger partial charge on any atom is -0.497 e. The van der Waals surface area contributed by atoms with Gasteiger partial charge in [-0.05, 0) is 66.1 Å². The van der Waals surface area contributed by atoms with E-state index >= 15 is 0 Å². The van der Waals surface area contributed by atoms with Gasteiger partial charge >= 0.3 is 0 Å². The molecular formula is C34H34N2O7S2. The van der Waals surface area contributed by atoms with Crippen molar-refractivity contribution in [2.75, 3.05) is 20.8 Å². The first-order valence-corrected chi connectivity index (χ1v) is 17.5. The lowest BCUT2D eigenvalue weighted by Gasteiger charge is -2.51. The normalized spacial score (nSPS) is 22.8. The maximum absolute atomic E-state index is 14.5. The second-order valence-electron chi connectivity index (χ2n) is 11.2. The van der Waals surface area contributed by atoms with Crippen LogP contribution in [0.2, 0.25) is 0 Å². The SMILES string of the molecule is COc1ccc([C@@H]2C[C@H]3[C@@H](CN2S(=O)(=O)c2ccccc2)C(=O)C[C@@H](c2ccc(OC)cc2)N3S(=O)(=O)c2ccccc2)cc1. The van der Waals surface area contributed by atoms with Gasteiger partial charge in [0.25, 0.3) is 0 Å². The van der Waals surface area contributed by atoms with Gasteiger partial charge in [-0.2, -0.15) is 8.61 Å². The Hall–Kier alpha value is -4.03. The van der Waals surface area contributed by atoms with Gasteiger partial charge in [-0.1, -0.05) is 60.7 Å². The van der Waals surface area contributed by atoms with Crippen LogP contribution in [-0.4, -0.2) is 58.0 Å². The van der Waals surface area contributed by atoms with E-state index in [1.54, 1.807) is 111 Å². The van der Waals surface area contributed by atoms with E-state index in [9.17, 15) is 21.6 Å². The molecule has 9 nitrogen and oxygen atoms in total. The van der Waals surface area contributed by atoms with Crippen molar-refractivity contribution >= 4 is 25.8 Å². The third-order valence-electron chi connectivity index (χ3n) is 8.77. The molecule has 2 fully saturated rings. The monoisotopic (exact) mass is 646 g/mol. The van der Waals surface area contributed by atoms with Gasteiger partial charge in [-0.25, -0.2) is 16.8 Å². The number of benzene rings is 4. The molecule has 0 radical (unpaired) electrons. The first kappa shape index (κ1) is 31.0. The van der Waals surface area contributed by atoms with Crippen molar-refractivity contribution < 1.29 is 31.1 Å². The molecule has 234 valence electrons. The predicted molar refractivity (Wildman–Crippen MR) is 169 cm³/mol. The Morgan fingerprint density at radius 3 is 1.58 bits per heavy atom. The number of nitrogens with zero attached hydrogens (tertiary/aromatic N) is 2. The van der Waals surface area contributed by atoms with Crippen LogP contribution in [0.25, 0.3) is 0 Å². The smallest absolute Gasteiger partial charge is 0.243 e. The molecular weight excluding hydrogens is 613 g/mol. The topological polar surface area (TPSA) is 110 Å². The van der Waals surface area contributed by atoms with Crippen molar-refractivity contribution in [1.29, 1.82) is 0 Å². The van der Waals surface area contributed by atoms with E-state index in [0.717, 1.165) is 0 Å². The first-order valence-electron chi connectivity index (χ1n) is 14.6. The van der Waals surface area contributed by atoms with E-state index in [0.29, 0.717) is 22.6 Å². The summed E-state index contributed by atoms with van der Waals surface area (Å²) in [5.74, 6) is 0.161. The van der Waals surface area contributed by atoms with E-state index in [1.807, 2.05) is 0 Å². The van der Waals surface area contributed by atoms with Crippen LogP contribution >= 0.6 is 0 Å². The third-order valence-corrected chi connectivity index (χ3v) is 12.6. The molecule has 0 spiro atoms. The summed E-state index contributed by atoms with van der Waals surface area (Å²) >= 11 is 0. The minimum atomic E-state index is -4.13. The lowest BCUT2D eigenvalue weighted by atomic mass is 9.77. The number of carbonyl (C=O) groups is 1. The van der Waals surface area contributed by atoms with Gasteiger partial charge in [0.05, 0.1) is 36.1 Å². The summed E-state index contributed by atoms with van der Waals surface area (Å²) in [5, 5.41) is 0. The fourth-order valence-electron chi connectivity index (χ4n) is 6.49. The van der Waals surface area contributed by atoms with E-state index in [-0.39, 0.29) is 35.0 Å². The van der Waals surface area contributed by atoms with Gasteiger partial charge in [0.1, 0.15) is 17.3 Å². The van der Waals surface area contributed by atoms with Gasteiger partial charge < -0.3 is 9.47 Å². The molecule has 6 rings (SSSR count). The van der Waals surface area contributed by atoms with Crippen molar-refractivity contribution in [2.45, 2.75) is 40.8 Å². The molecule has 2 heterocycles. The third kappa shape index (κ3) is 5.77. The standard InChI is InChI=1S/C34H34N2O7S2/c1-42-26-17-13-24(14-18-26)31-21-33-30(23-35(31)44(38,39)28-9-5-3-6-10-28)34(37)22-32(25-15-19-27(43-2)20-16-25)36(33)45(40,41)29-11-7-4-8-12-29/h3-20,30-33H,21-23H2,1-2H3/t30-,31+,32+,33+/m1/s1. The Labute approximate surface area is 264 Å². The number of sulfonamides is 2. The summed E-state index contributed by atoms with van der Waals surface area (Å²) in [6.07, 6.45) is -0.0144. The van der Waals surface area contributed by atoms with E-state index < -0.39 is 44.1 Å². The zero-order valence-corrected chi connectivity index (χ0v) is 26.5. The second kappa shape index (κ2) is 12.4. The zero-order valence-electron chi connectivity index (χ0n) is 24.9. The Balaban J connectivity index is 1.50. The van der Waals surface area contributed by atoms with Gasteiger partial charge in [0.15, 0.2) is 0 Å². The quantitative estimate of drug-likeness (QED) is 0.258. The maximum Gasteiger partial charge on any atom is 0.243 e. The highest BCUT2D eigenvalue weighted by atomic mass is 32.2. The summed E-state index contributed by atoms with van der Waals surface area (Å²) in [5.41, 5.74) is 1.33. The average molecular weight is 647 g/mol. The molecule has 2 saturated heterocycles. The molecule has 0 amide bonds. The van der Waals surface area contributed by atoms with E-state index in [4.69, 9.17) is 9.47 Å². The number of ketones is 1. The molecule has 0 bridgehead atoms. The number of ether oxygens (including phenoxy) is 2. The molecule has 0 saturated carbocycles. The lowest BCUT2D eigenvalue weighted by Crippen LogP contribution is -2.60. The lowest BCUT2D eigenvalue weighted by molar-refractivity contribution is -0.132. The zero-order chi connectivity index (χ0) is 31.8. The number of carbonyl (C=O) groups excluding carboxylic acids is 1. The van der Waals surface area contributed by atoms with Crippen LogP contribution in [-0.2, 0) is 24.8 Å². The number of Topliss-reactive ketones (excluding diaryl/α,β-unsaturated/α-hetero) is 1. The molecule has 45 heavy (non-hydrogen) atoms. The van der Waals surface area contributed by atoms with Crippen molar-refractivity contribution in [1.82, 2.24) is 8.61 Å². The highest BCUT2D eigenvalue weighted by molar-refractivity contribution is 7.89. The number of fused-ring (bicyclic) bond motifs is 1. The maximum atomic E-state index is 14.5. The number of hydrogen-bond acceptors (Lipinski definition) is 7. The van der Waals surface area contributed by atoms with Crippen LogP contribution in [0.4, 0.5) is 0 Å². The first-order chi connectivity index (χ1) is 21.6. The molecule has 4 aromatic rings. The Bertz CT molecular complexity index is 1870. The van der Waals surface area contributed by atoms with Crippen LogP contribution in [0, 0.1) is 5.92 Å².